The van der Waals surface area contributed by atoms with Crippen molar-refractivity contribution >= 4 is 9.84 Å². The molecular weight excluding hydrogens is 396 g/mol. The Morgan fingerprint density at radius 3 is 2.50 bits per heavy atom. The minimum atomic E-state index is 0.339. The van der Waals surface area contributed by atoms with E-state index in [9.17, 15) is 0 Å². The fourth-order valence-corrected chi connectivity index (χ4v) is 2.48. The molecule has 0 atom stereocenters. The van der Waals surface area contributed by atoms with Crippen LogP contribution in [-0.2, 0) is 19.4 Å². The summed E-state index contributed by atoms with van der Waals surface area (Å²) in [6.45, 7) is 8.00. The molecule has 5 heteroatoms. The van der Waals surface area contributed by atoms with Crippen LogP contribution in [0.1, 0.15) is 33.4 Å². The van der Waals surface area contributed by atoms with Crippen molar-refractivity contribution in [1.82, 2.24) is 9.78 Å². The van der Waals surface area contributed by atoms with Crippen LogP contribution < -0.4 is 5.73 Å². The molecule has 0 aromatic carbocycles. The molecular formula is C13H15N4W-. The number of hydrogen-bond donors (Lipinski definition) is 1. The van der Waals surface area contributed by atoms with Crippen LogP contribution in [0.15, 0.2) is 22.8 Å². The Labute approximate surface area is 118 Å². The first-order valence-electron chi connectivity index (χ1n) is 5.41. The SMILES string of the molecule is C[C-]=C(C)C(C)=C(C)[C](=[W])n1nc(C#N)cc1N. The summed E-state index contributed by atoms with van der Waals surface area (Å²) in [4.78, 5) is 0. The fraction of sp³-hybridized carbons (Fsp3) is 0.308. The summed E-state index contributed by atoms with van der Waals surface area (Å²) in [6.07, 6.45) is 3.12. The average molecular weight is 411 g/mol. The first-order chi connectivity index (χ1) is 8.42. The van der Waals surface area contributed by atoms with Gasteiger partial charge < -0.3 is 0 Å². The van der Waals surface area contributed by atoms with Crippen LogP contribution in [0.3, 0.4) is 0 Å². The number of nitrogen functional groups attached to an aromatic ring is 1. The van der Waals surface area contributed by atoms with E-state index < -0.39 is 0 Å². The van der Waals surface area contributed by atoms with Gasteiger partial charge in [0.1, 0.15) is 0 Å². The first kappa shape index (κ1) is 14.6. The molecule has 1 heterocycles. The van der Waals surface area contributed by atoms with Crippen molar-refractivity contribution < 1.29 is 19.4 Å². The van der Waals surface area contributed by atoms with E-state index in [0.29, 0.717) is 11.5 Å². The van der Waals surface area contributed by atoms with Gasteiger partial charge in [-0.25, -0.2) is 0 Å². The molecule has 18 heavy (non-hydrogen) atoms. The van der Waals surface area contributed by atoms with Gasteiger partial charge in [-0.3, -0.25) is 0 Å². The topological polar surface area (TPSA) is 67.6 Å². The summed E-state index contributed by atoms with van der Waals surface area (Å²) in [7, 11) is 0. The van der Waals surface area contributed by atoms with Gasteiger partial charge in [-0.1, -0.05) is 0 Å². The molecule has 0 radical (unpaired) electrons. The van der Waals surface area contributed by atoms with E-state index >= 15 is 0 Å². The van der Waals surface area contributed by atoms with E-state index in [1.165, 1.54) is 19.4 Å². The number of allylic oxidation sites excluding steroid dienone is 4. The molecule has 0 saturated heterocycles. The van der Waals surface area contributed by atoms with Crippen LogP contribution in [0.4, 0.5) is 5.82 Å². The third kappa shape index (κ3) is 2.86. The van der Waals surface area contributed by atoms with Crippen LogP contribution in [0.25, 0.3) is 0 Å². The first-order valence-corrected chi connectivity index (χ1v) is 6.88. The third-order valence-electron chi connectivity index (χ3n) is 2.86. The Balaban J connectivity index is 3.23. The van der Waals surface area contributed by atoms with Gasteiger partial charge >= 0.3 is 118 Å². The molecule has 0 amide bonds. The summed E-state index contributed by atoms with van der Waals surface area (Å²) >= 11 is 1.25. The Hall–Kier alpha value is -1.46. The van der Waals surface area contributed by atoms with Crippen molar-refractivity contribution in [3.63, 3.8) is 0 Å². The fourth-order valence-electron chi connectivity index (χ4n) is 1.40. The van der Waals surface area contributed by atoms with Crippen molar-refractivity contribution in [2.24, 2.45) is 0 Å². The van der Waals surface area contributed by atoms with Crippen molar-refractivity contribution in [3.05, 3.63) is 34.6 Å². The quantitative estimate of drug-likeness (QED) is 0.611. The van der Waals surface area contributed by atoms with E-state index in [4.69, 9.17) is 11.0 Å². The molecule has 1 rings (SSSR count). The van der Waals surface area contributed by atoms with Gasteiger partial charge in [-0.05, 0) is 0 Å². The molecule has 0 fully saturated rings. The summed E-state index contributed by atoms with van der Waals surface area (Å²) in [5.41, 5.74) is 9.59. The van der Waals surface area contributed by atoms with E-state index in [-0.39, 0.29) is 0 Å². The third-order valence-corrected chi connectivity index (χ3v) is 4.59. The number of nitrogens with two attached hydrogens (primary N) is 1. The molecule has 0 aliphatic carbocycles. The molecule has 94 valence electrons. The summed E-state index contributed by atoms with van der Waals surface area (Å²) in [6, 6.07) is 3.58. The number of anilines is 1. The van der Waals surface area contributed by atoms with Gasteiger partial charge in [0, 0.05) is 0 Å². The number of rotatable bonds is 3. The summed E-state index contributed by atoms with van der Waals surface area (Å²) in [5, 5.41) is 13.0. The molecule has 0 spiro atoms. The molecule has 0 aliphatic rings. The van der Waals surface area contributed by atoms with Crippen LogP contribution in [-0.4, -0.2) is 13.8 Å². The maximum atomic E-state index is 8.82. The van der Waals surface area contributed by atoms with Crippen molar-refractivity contribution in [2.45, 2.75) is 27.7 Å². The van der Waals surface area contributed by atoms with Crippen LogP contribution >= 0.6 is 0 Å². The van der Waals surface area contributed by atoms with Gasteiger partial charge in [0.25, 0.3) is 0 Å². The molecule has 0 unspecified atom stereocenters. The summed E-state index contributed by atoms with van der Waals surface area (Å²) in [5.74, 6) is 0.491. The Morgan fingerprint density at radius 1 is 1.44 bits per heavy atom. The van der Waals surface area contributed by atoms with E-state index in [0.717, 1.165) is 20.7 Å². The van der Waals surface area contributed by atoms with Crippen molar-refractivity contribution in [2.75, 3.05) is 5.73 Å². The Morgan fingerprint density at radius 2 is 2.06 bits per heavy atom. The zero-order valence-electron chi connectivity index (χ0n) is 10.9. The zero-order chi connectivity index (χ0) is 13.9. The van der Waals surface area contributed by atoms with Crippen LogP contribution in [0, 0.1) is 17.4 Å². The number of aromatic nitrogens is 2. The molecule has 0 bridgehead atoms. The van der Waals surface area contributed by atoms with E-state index in [1.807, 2.05) is 26.8 Å². The molecule has 1 aromatic heterocycles. The second kappa shape index (κ2) is 5.93. The molecule has 4 nitrogen and oxygen atoms in total. The van der Waals surface area contributed by atoms with E-state index in [2.05, 4.69) is 18.1 Å². The van der Waals surface area contributed by atoms with Crippen molar-refractivity contribution in [1.29, 1.82) is 5.26 Å². The van der Waals surface area contributed by atoms with Gasteiger partial charge in [0.15, 0.2) is 0 Å². The second-order valence-corrected chi connectivity index (χ2v) is 5.30. The zero-order valence-corrected chi connectivity index (χ0v) is 13.8. The van der Waals surface area contributed by atoms with Crippen LogP contribution in [0.2, 0.25) is 0 Å². The van der Waals surface area contributed by atoms with E-state index in [1.54, 1.807) is 10.7 Å². The predicted molar refractivity (Wildman–Crippen MR) is 68.2 cm³/mol. The Bertz CT molecular complexity index is 585. The van der Waals surface area contributed by atoms with Crippen molar-refractivity contribution in [3.8, 4) is 6.07 Å². The number of nitrogens with zero attached hydrogens (tertiary/aromatic N) is 3. The predicted octanol–water partition coefficient (Wildman–Crippen LogP) is 1.97. The number of hydrogen-bond acceptors (Lipinski definition) is 3. The van der Waals surface area contributed by atoms with Gasteiger partial charge in [-0.2, -0.15) is 0 Å². The molecule has 0 aliphatic heterocycles. The average Bonchev–Trinajstić information content (AvgIpc) is 2.76. The number of nitriles is 1. The monoisotopic (exact) mass is 411 g/mol. The molecule has 1 aromatic rings. The van der Waals surface area contributed by atoms with Gasteiger partial charge in [0.05, 0.1) is 0 Å². The standard InChI is InChI=1S/C13H15N4.W/c1-5-9(2)11(4)10(3)8-17-13(15)6-12(7-14)16-17;/h6H,15H2,1-4H3;/q-1;. The Kier molecular flexibility index (Phi) is 4.81. The normalized spacial score (nSPS) is 12.9. The van der Waals surface area contributed by atoms with Crippen LogP contribution in [0.5, 0.6) is 0 Å². The molecule has 2 N–H and O–H groups in total. The van der Waals surface area contributed by atoms with Gasteiger partial charge in [0.2, 0.25) is 0 Å². The van der Waals surface area contributed by atoms with Gasteiger partial charge in [-0.15, -0.1) is 0 Å². The summed E-state index contributed by atoms with van der Waals surface area (Å²) < 4.78 is 2.64. The molecule has 0 saturated carbocycles. The second-order valence-electron chi connectivity index (χ2n) is 3.91. The maximum absolute atomic E-state index is 8.82. The minimum absolute atomic E-state index is 0.339.